The minimum atomic E-state index is -0.599. The summed E-state index contributed by atoms with van der Waals surface area (Å²) >= 11 is 0. The molecule has 1 rings (SSSR count). The predicted octanol–water partition coefficient (Wildman–Crippen LogP) is 2.07. The highest BCUT2D eigenvalue weighted by Gasteiger charge is 2.14. The second-order valence-corrected chi connectivity index (χ2v) is 5.54. The lowest BCUT2D eigenvalue weighted by Gasteiger charge is -2.18. The maximum Gasteiger partial charge on any atom is 0.220 e. The monoisotopic (exact) mass is 332 g/mol. The van der Waals surface area contributed by atoms with Gasteiger partial charge in [-0.05, 0) is 32.0 Å². The number of nitrogens with two attached hydrogens (primary N) is 1. The minimum Gasteiger partial charge on any atom is -0.494 e. The third kappa shape index (κ3) is 6.87. The van der Waals surface area contributed by atoms with Gasteiger partial charge in [0.2, 0.25) is 5.91 Å². The van der Waals surface area contributed by atoms with E-state index in [-0.39, 0.29) is 48.3 Å². The first-order chi connectivity index (χ1) is 9.73. The maximum absolute atomic E-state index is 13.5. The molecule has 0 aliphatic rings. The molecular weight excluding hydrogens is 311 g/mol. The van der Waals surface area contributed by atoms with E-state index in [0.29, 0.717) is 6.54 Å². The van der Waals surface area contributed by atoms with Crippen molar-refractivity contribution in [3.63, 3.8) is 0 Å². The summed E-state index contributed by atoms with van der Waals surface area (Å²) in [6, 6.07) is 3.98. The highest BCUT2D eigenvalue weighted by molar-refractivity contribution is 5.98. The number of halogens is 2. The molecule has 0 aromatic heterocycles. The summed E-state index contributed by atoms with van der Waals surface area (Å²) in [6.45, 7) is 3.91. The lowest BCUT2D eigenvalue weighted by molar-refractivity contribution is -0.121. The van der Waals surface area contributed by atoms with Crippen molar-refractivity contribution in [2.45, 2.75) is 32.2 Å². The zero-order valence-corrected chi connectivity index (χ0v) is 13.8. The van der Waals surface area contributed by atoms with Crippen molar-refractivity contribution < 1.29 is 18.7 Å². The summed E-state index contributed by atoms with van der Waals surface area (Å²) in [5.74, 6) is -1.07. The number of benzene rings is 1. The normalized spacial score (nSPS) is 10.6. The van der Waals surface area contributed by atoms with Crippen LogP contribution in [0.1, 0.15) is 37.0 Å². The maximum atomic E-state index is 13.5. The Morgan fingerprint density at radius 3 is 2.45 bits per heavy atom. The molecule has 22 heavy (non-hydrogen) atoms. The number of amides is 1. The van der Waals surface area contributed by atoms with E-state index in [9.17, 15) is 14.0 Å². The molecule has 0 radical (unpaired) electrons. The number of ether oxygens (including phenoxy) is 1. The topological polar surface area (TPSA) is 81.4 Å². The zero-order chi connectivity index (χ0) is 16.0. The van der Waals surface area contributed by atoms with Gasteiger partial charge < -0.3 is 15.8 Å². The first-order valence-electron chi connectivity index (χ1n) is 6.65. The van der Waals surface area contributed by atoms with Gasteiger partial charge in [0.05, 0.1) is 7.11 Å². The van der Waals surface area contributed by atoms with Crippen molar-refractivity contribution in [1.29, 1.82) is 0 Å². The molecule has 124 valence electrons. The molecule has 0 saturated carbocycles. The number of Topliss-reactive ketones (excluding diaryl/α,β-unsaturated/α-hetero) is 1. The molecule has 0 fully saturated rings. The molecule has 0 aliphatic carbocycles. The molecular formula is C15H22ClFN2O3. The molecule has 0 saturated heterocycles. The Bertz CT molecular complexity index is 530. The van der Waals surface area contributed by atoms with Crippen LogP contribution in [0.4, 0.5) is 4.39 Å². The van der Waals surface area contributed by atoms with Gasteiger partial charge in [-0.15, -0.1) is 12.4 Å². The van der Waals surface area contributed by atoms with E-state index in [1.54, 1.807) is 13.8 Å². The second-order valence-electron chi connectivity index (χ2n) is 5.54. The van der Waals surface area contributed by atoms with Crippen molar-refractivity contribution in [2.24, 2.45) is 5.73 Å². The third-order valence-corrected chi connectivity index (χ3v) is 2.79. The zero-order valence-electron chi connectivity index (χ0n) is 12.9. The summed E-state index contributed by atoms with van der Waals surface area (Å²) < 4.78 is 18.3. The summed E-state index contributed by atoms with van der Waals surface area (Å²) in [5.41, 5.74) is 5.46. The SMILES string of the molecule is COc1ccc(C(=O)CCC(=O)NCC(C)(C)N)cc1F.Cl. The van der Waals surface area contributed by atoms with Crippen LogP contribution in [0, 0.1) is 5.82 Å². The molecule has 3 N–H and O–H groups in total. The molecule has 1 aromatic rings. The van der Waals surface area contributed by atoms with Gasteiger partial charge in [-0.2, -0.15) is 0 Å². The van der Waals surface area contributed by atoms with Crippen LogP contribution >= 0.6 is 12.4 Å². The Morgan fingerprint density at radius 1 is 1.32 bits per heavy atom. The van der Waals surface area contributed by atoms with Crippen LogP contribution in [0.15, 0.2) is 18.2 Å². The Morgan fingerprint density at radius 2 is 1.95 bits per heavy atom. The molecule has 5 nitrogen and oxygen atoms in total. The van der Waals surface area contributed by atoms with Crippen molar-refractivity contribution in [3.8, 4) is 5.75 Å². The van der Waals surface area contributed by atoms with Gasteiger partial charge in [0.25, 0.3) is 0 Å². The van der Waals surface area contributed by atoms with Crippen molar-refractivity contribution in [1.82, 2.24) is 5.32 Å². The number of hydrogen-bond acceptors (Lipinski definition) is 4. The lowest BCUT2D eigenvalue weighted by Crippen LogP contribution is -2.45. The number of rotatable bonds is 7. The molecule has 0 unspecified atom stereocenters. The molecule has 7 heteroatoms. The first kappa shape index (κ1) is 20.3. The van der Waals surface area contributed by atoms with E-state index in [1.807, 2.05) is 0 Å². The number of carbonyl (C=O) groups excluding carboxylic acids is 2. The standard InChI is InChI=1S/C15H21FN2O3.ClH/c1-15(2,17)9-18-14(20)7-5-12(19)10-4-6-13(21-3)11(16)8-10;/h4,6,8H,5,7,9,17H2,1-3H3,(H,18,20);1H. The van der Waals surface area contributed by atoms with Crippen LogP contribution in [0.2, 0.25) is 0 Å². The Balaban J connectivity index is 0.00000441. The van der Waals surface area contributed by atoms with Crippen LogP contribution in [0.3, 0.4) is 0 Å². The van der Waals surface area contributed by atoms with E-state index < -0.39 is 11.4 Å². The number of methoxy groups -OCH3 is 1. The van der Waals surface area contributed by atoms with E-state index in [4.69, 9.17) is 10.5 Å². The molecule has 0 bridgehead atoms. The van der Waals surface area contributed by atoms with E-state index in [2.05, 4.69) is 5.32 Å². The fraction of sp³-hybridized carbons (Fsp3) is 0.467. The Hall–Kier alpha value is -1.66. The fourth-order valence-corrected chi connectivity index (χ4v) is 1.63. The third-order valence-electron chi connectivity index (χ3n) is 2.79. The molecule has 1 aromatic carbocycles. The van der Waals surface area contributed by atoms with Crippen molar-refractivity contribution >= 4 is 24.1 Å². The van der Waals surface area contributed by atoms with Crippen LogP contribution in [0.25, 0.3) is 0 Å². The number of hydrogen-bond donors (Lipinski definition) is 2. The average Bonchev–Trinajstić information content (AvgIpc) is 2.41. The quantitative estimate of drug-likeness (QED) is 0.749. The molecule has 0 heterocycles. The summed E-state index contributed by atoms with van der Waals surface area (Å²) in [4.78, 5) is 23.5. The van der Waals surface area contributed by atoms with Gasteiger partial charge in [0.15, 0.2) is 17.3 Å². The minimum absolute atomic E-state index is 0. The van der Waals surface area contributed by atoms with Gasteiger partial charge >= 0.3 is 0 Å². The molecule has 0 aliphatic heterocycles. The van der Waals surface area contributed by atoms with Crippen LogP contribution < -0.4 is 15.8 Å². The van der Waals surface area contributed by atoms with Crippen LogP contribution in [-0.4, -0.2) is 30.9 Å². The van der Waals surface area contributed by atoms with Gasteiger partial charge in [-0.3, -0.25) is 9.59 Å². The predicted molar refractivity (Wildman–Crippen MR) is 85.0 cm³/mol. The summed E-state index contributed by atoms with van der Waals surface area (Å²) in [6.07, 6.45) is 0.0607. The molecule has 0 atom stereocenters. The van der Waals surface area contributed by atoms with Crippen LogP contribution in [0.5, 0.6) is 5.75 Å². The number of ketones is 1. The summed E-state index contributed by atoms with van der Waals surface area (Å²) in [5, 5.41) is 2.65. The Labute approximate surface area is 135 Å². The van der Waals surface area contributed by atoms with Crippen molar-refractivity contribution in [3.05, 3.63) is 29.6 Å². The highest BCUT2D eigenvalue weighted by Crippen LogP contribution is 2.18. The van der Waals surface area contributed by atoms with E-state index in [0.717, 1.165) is 6.07 Å². The fourth-order valence-electron chi connectivity index (χ4n) is 1.63. The second kappa shape index (κ2) is 8.70. The van der Waals surface area contributed by atoms with Gasteiger partial charge in [0, 0.05) is 30.5 Å². The highest BCUT2D eigenvalue weighted by atomic mass is 35.5. The lowest BCUT2D eigenvalue weighted by atomic mass is 10.1. The van der Waals surface area contributed by atoms with Gasteiger partial charge in [0.1, 0.15) is 0 Å². The molecule has 0 spiro atoms. The largest absolute Gasteiger partial charge is 0.494 e. The van der Waals surface area contributed by atoms with Gasteiger partial charge in [-0.25, -0.2) is 4.39 Å². The smallest absolute Gasteiger partial charge is 0.220 e. The van der Waals surface area contributed by atoms with Gasteiger partial charge in [-0.1, -0.05) is 0 Å². The number of carbonyl (C=O) groups is 2. The number of nitrogens with one attached hydrogen (secondary N) is 1. The van der Waals surface area contributed by atoms with Crippen molar-refractivity contribution in [2.75, 3.05) is 13.7 Å². The first-order valence-corrected chi connectivity index (χ1v) is 6.65. The average molecular weight is 333 g/mol. The van der Waals surface area contributed by atoms with E-state index in [1.165, 1.54) is 19.2 Å². The molecule has 1 amide bonds. The summed E-state index contributed by atoms with van der Waals surface area (Å²) in [7, 11) is 1.35. The van der Waals surface area contributed by atoms with Crippen LogP contribution in [-0.2, 0) is 4.79 Å². The van der Waals surface area contributed by atoms with E-state index >= 15 is 0 Å². The Kier molecular flexibility index (Phi) is 8.05.